The lowest BCUT2D eigenvalue weighted by Gasteiger charge is -2.08. The van der Waals surface area contributed by atoms with E-state index in [4.69, 9.17) is 5.11 Å². The van der Waals surface area contributed by atoms with Crippen molar-refractivity contribution in [3.05, 3.63) is 47.0 Å². The van der Waals surface area contributed by atoms with Crippen LogP contribution in [-0.2, 0) is 11.2 Å². The average Bonchev–Trinajstić information content (AvgIpc) is 2.81. The summed E-state index contributed by atoms with van der Waals surface area (Å²) in [6.07, 6.45) is 1.62. The van der Waals surface area contributed by atoms with Crippen LogP contribution in [-0.4, -0.2) is 20.4 Å². The number of aliphatic carboxylic acids is 1. The van der Waals surface area contributed by atoms with Gasteiger partial charge in [0.05, 0.1) is 0 Å². The summed E-state index contributed by atoms with van der Waals surface area (Å²) < 4.78 is 16.5. The summed E-state index contributed by atoms with van der Waals surface area (Å²) in [5.41, 5.74) is 0.758. The number of carboxylic acids is 1. The highest BCUT2D eigenvalue weighted by Crippen LogP contribution is 2.22. The van der Waals surface area contributed by atoms with Crippen LogP contribution in [0.1, 0.15) is 16.5 Å². The number of halogens is 1. The van der Waals surface area contributed by atoms with Gasteiger partial charge in [0.1, 0.15) is 23.1 Å². The van der Waals surface area contributed by atoms with Crippen LogP contribution in [0.2, 0.25) is 0 Å². The van der Waals surface area contributed by atoms with Crippen LogP contribution in [0.25, 0.3) is 0 Å². The van der Waals surface area contributed by atoms with E-state index in [-0.39, 0.29) is 12.2 Å². The maximum Gasteiger partial charge on any atom is 0.313 e. The van der Waals surface area contributed by atoms with E-state index in [1.165, 1.54) is 18.5 Å². The largest absolute Gasteiger partial charge is 0.481 e. The number of hydrogen-bond acceptors (Lipinski definition) is 4. The number of aromatic nitrogens is 2. The molecular weight excluding hydrogens is 243 g/mol. The molecule has 0 bridgehead atoms. The lowest BCUT2D eigenvalue weighted by molar-refractivity contribution is -0.138. The van der Waals surface area contributed by atoms with E-state index in [0.29, 0.717) is 5.01 Å². The molecule has 0 saturated heterocycles. The topological polar surface area (TPSA) is 63.1 Å². The SMILES string of the molecule is O=C(O)C(Cc1ccc(F)cc1)c1ncns1. The van der Waals surface area contributed by atoms with Gasteiger partial charge in [-0.3, -0.25) is 4.79 Å². The van der Waals surface area contributed by atoms with E-state index in [2.05, 4.69) is 9.36 Å². The van der Waals surface area contributed by atoms with Gasteiger partial charge in [0, 0.05) is 0 Å². The number of carbonyl (C=O) groups is 1. The molecule has 0 saturated carbocycles. The molecule has 88 valence electrons. The second-order valence-electron chi connectivity index (χ2n) is 3.50. The first-order valence-corrected chi connectivity index (χ1v) is 5.68. The van der Waals surface area contributed by atoms with Crippen LogP contribution in [0.15, 0.2) is 30.6 Å². The van der Waals surface area contributed by atoms with Crippen LogP contribution in [0.4, 0.5) is 4.39 Å². The highest BCUT2D eigenvalue weighted by atomic mass is 32.1. The lowest BCUT2D eigenvalue weighted by Crippen LogP contribution is -2.14. The summed E-state index contributed by atoms with van der Waals surface area (Å²) in [4.78, 5) is 15.0. The predicted molar refractivity (Wildman–Crippen MR) is 60.4 cm³/mol. The smallest absolute Gasteiger partial charge is 0.313 e. The first-order chi connectivity index (χ1) is 8.16. The van der Waals surface area contributed by atoms with Gasteiger partial charge in [-0.1, -0.05) is 12.1 Å². The Bertz CT molecular complexity index is 499. The fourth-order valence-corrected chi connectivity index (χ4v) is 2.08. The molecular formula is C11H9FN2O2S. The van der Waals surface area contributed by atoms with E-state index in [1.54, 1.807) is 12.1 Å². The molecule has 0 radical (unpaired) electrons. The number of carboxylic acid groups (broad SMARTS) is 1. The molecule has 4 nitrogen and oxygen atoms in total. The zero-order chi connectivity index (χ0) is 12.3. The molecule has 1 unspecified atom stereocenters. The molecule has 0 aliphatic rings. The van der Waals surface area contributed by atoms with E-state index in [9.17, 15) is 9.18 Å². The Balaban J connectivity index is 2.19. The monoisotopic (exact) mass is 252 g/mol. The normalized spacial score (nSPS) is 12.3. The third-order valence-electron chi connectivity index (χ3n) is 2.33. The first kappa shape index (κ1) is 11.7. The maximum atomic E-state index is 12.7. The molecule has 6 heteroatoms. The molecule has 2 aromatic rings. The Labute approximate surface area is 101 Å². The Morgan fingerprint density at radius 2 is 2.12 bits per heavy atom. The number of rotatable bonds is 4. The van der Waals surface area contributed by atoms with Gasteiger partial charge in [-0.05, 0) is 35.6 Å². The summed E-state index contributed by atoms with van der Waals surface area (Å²) in [5, 5.41) is 9.59. The number of benzene rings is 1. The molecule has 0 aliphatic carbocycles. The number of hydrogen-bond donors (Lipinski definition) is 1. The predicted octanol–water partition coefficient (Wildman–Crippen LogP) is 2.09. The summed E-state index contributed by atoms with van der Waals surface area (Å²) in [6.45, 7) is 0. The van der Waals surface area contributed by atoms with Crippen molar-refractivity contribution in [3.8, 4) is 0 Å². The maximum absolute atomic E-state index is 12.7. The Hall–Kier alpha value is -1.82. The fourth-order valence-electron chi connectivity index (χ4n) is 1.47. The van der Waals surface area contributed by atoms with Gasteiger partial charge in [-0.15, -0.1) is 0 Å². The summed E-state index contributed by atoms with van der Waals surface area (Å²) in [7, 11) is 0. The molecule has 1 aromatic heterocycles. The lowest BCUT2D eigenvalue weighted by atomic mass is 10.00. The van der Waals surface area contributed by atoms with Crippen LogP contribution < -0.4 is 0 Å². The van der Waals surface area contributed by atoms with Crippen molar-refractivity contribution in [2.24, 2.45) is 0 Å². The molecule has 0 amide bonds. The highest BCUT2D eigenvalue weighted by molar-refractivity contribution is 7.05. The zero-order valence-electron chi connectivity index (χ0n) is 8.71. The van der Waals surface area contributed by atoms with E-state index in [0.717, 1.165) is 17.1 Å². The molecule has 2 rings (SSSR count). The van der Waals surface area contributed by atoms with Crippen molar-refractivity contribution < 1.29 is 14.3 Å². The summed E-state index contributed by atoms with van der Waals surface area (Å²) in [5.74, 6) is -2.02. The van der Waals surface area contributed by atoms with Crippen molar-refractivity contribution in [3.63, 3.8) is 0 Å². The average molecular weight is 252 g/mol. The third-order valence-corrected chi connectivity index (χ3v) is 3.10. The van der Waals surface area contributed by atoms with Crippen LogP contribution >= 0.6 is 11.5 Å². The van der Waals surface area contributed by atoms with E-state index < -0.39 is 11.9 Å². The molecule has 0 spiro atoms. The molecule has 17 heavy (non-hydrogen) atoms. The van der Waals surface area contributed by atoms with Crippen molar-refractivity contribution in [2.45, 2.75) is 12.3 Å². The standard InChI is InChI=1S/C11H9FN2O2S/c12-8-3-1-7(2-4-8)5-9(11(15)16)10-13-6-14-17-10/h1-4,6,9H,5H2,(H,15,16). The van der Waals surface area contributed by atoms with Crippen molar-refractivity contribution in [1.82, 2.24) is 9.36 Å². The molecule has 1 atom stereocenters. The highest BCUT2D eigenvalue weighted by Gasteiger charge is 2.23. The van der Waals surface area contributed by atoms with E-state index in [1.807, 2.05) is 0 Å². The second kappa shape index (κ2) is 5.01. The number of nitrogens with zero attached hydrogens (tertiary/aromatic N) is 2. The third kappa shape index (κ3) is 2.85. The quantitative estimate of drug-likeness (QED) is 0.905. The minimum absolute atomic E-state index is 0.283. The van der Waals surface area contributed by atoms with Gasteiger partial charge in [-0.25, -0.2) is 9.37 Å². The summed E-state index contributed by atoms with van der Waals surface area (Å²) in [6, 6.07) is 5.78. The fraction of sp³-hybridized carbons (Fsp3) is 0.182. The van der Waals surface area contributed by atoms with Crippen LogP contribution in [0.3, 0.4) is 0 Å². The second-order valence-corrected chi connectivity index (χ2v) is 4.31. The molecule has 0 fully saturated rings. The van der Waals surface area contributed by atoms with Gasteiger partial charge in [0.25, 0.3) is 0 Å². The van der Waals surface area contributed by atoms with Gasteiger partial charge in [0.15, 0.2) is 0 Å². The van der Waals surface area contributed by atoms with Crippen LogP contribution in [0, 0.1) is 5.82 Å². The van der Waals surface area contributed by atoms with Gasteiger partial charge >= 0.3 is 5.97 Å². The Kier molecular flexibility index (Phi) is 3.43. The Morgan fingerprint density at radius 1 is 1.41 bits per heavy atom. The van der Waals surface area contributed by atoms with Gasteiger partial charge in [0.2, 0.25) is 0 Å². The minimum atomic E-state index is -0.953. The molecule has 0 aliphatic heterocycles. The van der Waals surface area contributed by atoms with Crippen LogP contribution in [0.5, 0.6) is 0 Å². The van der Waals surface area contributed by atoms with Crippen molar-refractivity contribution >= 4 is 17.5 Å². The molecule has 1 aromatic carbocycles. The first-order valence-electron chi connectivity index (χ1n) is 4.90. The summed E-state index contributed by atoms with van der Waals surface area (Å²) >= 11 is 1.07. The van der Waals surface area contributed by atoms with E-state index >= 15 is 0 Å². The van der Waals surface area contributed by atoms with Crippen molar-refractivity contribution in [2.75, 3.05) is 0 Å². The minimum Gasteiger partial charge on any atom is -0.481 e. The Morgan fingerprint density at radius 3 is 2.65 bits per heavy atom. The van der Waals surface area contributed by atoms with Crippen molar-refractivity contribution in [1.29, 1.82) is 0 Å². The molecule has 1 N–H and O–H groups in total. The zero-order valence-corrected chi connectivity index (χ0v) is 9.52. The molecule has 1 heterocycles. The van der Waals surface area contributed by atoms with Gasteiger partial charge in [-0.2, -0.15) is 4.37 Å². The van der Waals surface area contributed by atoms with Gasteiger partial charge < -0.3 is 5.11 Å².